The van der Waals surface area contributed by atoms with Crippen molar-refractivity contribution in [1.82, 2.24) is 34.2 Å². The highest BCUT2D eigenvalue weighted by Gasteiger charge is 2.36. The van der Waals surface area contributed by atoms with Gasteiger partial charge in [-0.05, 0) is 96.5 Å². The summed E-state index contributed by atoms with van der Waals surface area (Å²) < 4.78 is 40.0. The summed E-state index contributed by atoms with van der Waals surface area (Å²) in [6.45, 7) is 13.9. The van der Waals surface area contributed by atoms with E-state index in [1.54, 1.807) is 26.4 Å². The third-order valence-corrected chi connectivity index (χ3v) is 12.6. The van der Waals surface area contributed by atoms with Gasteiger partial charge in [0.25, 0.3) is 5.91 Å². The summed E-state index contributed by atoms with van der Waals surface area (Å²) in [5, 5.41) is 5.22. The number of ether oxygens (including phenoxy) is 2. The average molecular weight is 907 g/mol. The van der Waals surface area contributed by atoms with E-state index in [0.29, 0.717) is 62.1 Å². The molecule has 0 unspecified atom stereocenters. The van der Waals surface area contributed by atoms with Crippen LogP contribution in [0.1, 0.15) is 92.5 Å². The lowest BCUT2D eigenvalue weighted by molar-refractivity contribution is 0.0172. The minimum Gasteiger partial charge on any atom is -0.445 e. The smallest absolute Gasteiger partial charge is 0.410 e. The van der Waals surface area contributed by atoms with Crippen LogP contribution in [0.15, 0.2) is 60.8 Å². The zero-order valence-corrected chi connectivity index (χ0v) is 38.5. The molecule has 2 aromatic carbocycles. The van der Waals surface area contributed by atoms with Crippen LogP contribution < -0.4 is 9.62 Å². The SMILES string of the molecule is Cc1cn2nc([C@@H]3CCCCN3C(=O)c3ccc(Cl)cc3NS(C)(=O)=O)cc2nc1N1CC[C@H](N(CCCCN2CCN(C(=O)OCc3ccccc3)CC2)C(=O)OC(C)(C)C)C1. The summed E-state index contributed by atoms with van der Waals surface area (Å²) >= 11 is 6.20. The van der Waals surface area contributed by atoms with Gasteiger partial charge in [0.05, 0.1) is 35.3 Å². The van der Waals surface area contributed by atoms with Gasteiger partial charge in [0.2, 0.25) is 10.0 Å². The van der Waals surface area contributed by atoms with Gasteiger partial charge in [0, 0.05) is 75.2 Å². The van der Waals surface area contributed by atoms with Crippen molar-refractivity contribution in [3.05, 3.63) is 88.2 Å². The topological polar surface area (TPSA) is 162 Å². The summed E-state index contributed by atoms with van der Waals surface area (Å²) in [6.07, 6.45) is 7.27. The Hall–Kier alpha value is -5.13. The van der Waals surface area contributed by atoms with Gasteiger partial charge in [-0.3, -0.25) is 14.4 Å². The van der Waals surface area contributed by atoms with E-state index in [1.807, 2.05) is 75.2 Å². The summed E-state index contributed by atoms with van der Waals surface area (Å²) in [5.74, 6) is 0.511. The monoisotopic (exact) mass is 905 g/mol. The number of amides is 3. The molecular formula is C45H60ClN9O7S. The summed E-state index contributed by atoms with van der Waals surface area (Å²) in [7, 11) is -3.67. The number of nitrogens with one attached hydrogen (secondary N) is 1. The molecule has 3 aliphatic rings. The fraction of sp³-hybridized carbons (Fsp3) is 0.533. The molecule has 7 rings (SSSR count). The molecule has 4 aromatic rings. The van der Waals surface area contributed by atoms with Crippen LogP contribution in [-0.2, 0) is 26.1 Å². The molecule has 0 spiro atoms. The van der Waals surface area contributed by atoms with Crippen LogP contribution in [-0.4, -0.2) is 138 Å². The molecule has 3 aliphatic heterocycles. The van der Waals surface area contributed by atoms with Gasteiger partial charge in [-0.1, -0.05) is 41.9 Å². The number of likely N-dealkylation sites (tertiary alicyclic amines) is 1. The molecule has 16 nitrogen and oxygen atoms in total. The third-order valence-electron chi connectivity index (χ3n) is 11.7. The molecule has 3 saturated heterocycles. The number of benzene rings is 2. The van der Waals surface area contributed by atoms with E-state index in [9.17, 15) is 22.8 Å². The lowest BCUT2D eigenvalue weighted by atomic mass is 9.98. The number of halogens is 1. The number of hydrogen-bond acceptors (Lipinski definition) is 11. The molecular weight excluding hydrogens is 846 g/mol. The maximum absolute atomic E-state index is 14.1. The fourth-order valence-electron chi connectivity index (χ4n) is 8.64. The van der Waals surface area contributed by atoms with Gasteiger partial charge in [0.1, 0.15) is 18.0 Å². The van der Waals surface area contributed by atoms with Crippen LogP contribution in [0.2, 0.25) is 5.02 Å². The van der Waals surface area contributed by atoms with E-state index < -0.39 is 15.6 Å². The number of unbranched alkanes of at least 4 members (excludes halogenated alkanes) is 1. The Bertz CT molecular complexity index is 2370. The molecule has 2 atom stereocenters. The van der Waals surface area contributed by atoms with Crippen molar-refractivity contribution in [2.24, 2.45) is 0 Å². The Morgan fingerprint density at radius 2 is 1.71 bits per heavy atom. The molecule has 0 aliphatic carbocycles. The summed E-state index contributed by atoms with van der Waals surface area (Å²) in [6, 6.07) is 15.8. The molecule has 2 aromatic heterocycles. The minimum atomic E-state index is -3.67. The van der Waals surface area contributed by atoms with E-state index >= 15 is 0 Å². The largest absolute Gasteiger partial charge is 0.445 e. The highest BCUT2D eigenvalue weighted by atomic mass is 35.5. The molecule has 0 bridgehead atoms. The summed E-state index contributed by atoms with van der Waals surface area (Å²) in [4.78, 5) is 55.6. The van der Waals surface area contributed by atoms with Crippen LogP contribution in [0.4, 0.5) is 21.1 Å². The van der Waals surface area contributed by atoms with Crippen molar-refractivity contribution in [2.45, 2.75) is 90.5 Å². The first kappa shape index (κ1) is 45.9. The Morgan fingerprint density at radius 3 is 2.44 bits per heavy atom. The molecule has 18 heteroatoms. The Labute approximate surface area is 375 Å². The van der Waals surface area contributed by atoms with E-state index in [1.165, 1.54) is 6.07 Å². The second kappa shape index (κ2) is 19.7. The van der Waals surface area contributed by atoms with Gasteiger partial charge >= 0.3 is 12.2 Å². The number of piperidine rings is 1. The molecule has 0 saturated carbocycles. The third kappa shape index (κ3) is 11.9. The van der Waals surface area contributed by atoms with Crippen molar-refractivity contribution >= 4 is 56.9 Å². The number of nitrogens with zero attached hydrogens (tertiary/aromatic N) is 8. The highest BCUT2D eigenvalue weighted by molar-refractivity contribution is 7.92. The predicted octanol–water partition coefficient (Wildman–Crippen LogP) is 6.98. The number of carbonyl (C=O) groups excluding carboxylic acids is 3. The molecule has 5 heterocycles. The van der Waals surface area contributed by atoms with Gasteiger partial charge < -0.3 is 29.1 Å². The van der Waals surface area contributed by atoms with E-state index in [0.717, 1.165) is 74.9 Å². The van der Waals surface area contributed by atoms with E-state index in [2.05, 4.69) is 14.5 Å². The second-order valence-corrected chi connectivity index (χ2v) is 20.0. The first-order valence-electron chi connectivity index (χ1n) is 21.9. The number of sulfonamides is 1. The van der Waals surface area contributed by atoms with Crippen molar-refractivity contribution in [1.29, 1.82) is 0 Å². The second-order valence-electron chi connectivity index (χ2n) is 17.8. The average Bonchev–Trinajstić information content (AvgIpc) is 3.89. The fourth-order valence-corrected chi connectivity index (χ4v) is 9.38. The lowest BCUT2D eigenvalue weighted by Gasteiger charge is -2.35. The maximum Gasteiger partial charge on any atom is 0.410 e. The highest BCUT2D eigenvalue weighted by Crippen LogP contribution is 2.35. The zero-order chi connectivity index (χ0) is 44.9. The number of aryl methyl sites for hydroxylation is 1. The molecule has 3 fully saturated rings. The normalized spacial score (nSPS) is 18.7. The van der Waals surface area contributed by atoms with Crippen molar-refractivity contribution in [3.63, 3.8) is 0 Å². The van der Waals surface area contributed by atoms with Crippen molar-refractivity contribution < 1.29 is 32.3 Å². The standard InChI is InChI=1S/C45H60ClN9O7S/c1-32-29-55-40(28-38(48-55)39-15-9-10-21-54(39)42(56)36-17-16-34(46)27-37(36)49-63(5,59)60)47-41(32)52-22-18-35(30-52)53(44(58)62-45(2,3)4)20-12-11-19-50-23-25-51(26-24-50)43(57)61-31-33-13-7-6-8-14-33/h6-8,13-14,16-17,27-29,35,39,49H,9-12,15,18-26,30-31H2,1-5H3/t35-,39-/m0/s1. The van der Waals surface area contributed by atoms with Crippen LogP contribution in [0.5, 0.6) is 0 Å². The number of carbonyl (C=O) groups is 3. The molecule has 63 heavy (non-hydrogen) atoms. The Balaban J connectivity index is 0.974. The number of fused-ring (bicyclic) bond motifs is 1. The van der Waals surface area contributed by atoms with E-state index in [-0.39, 0.29) is 48.0 Å². The van der Waals surface area contributed by atoms with E-state index in [4.69, 9.17) is 31.2 Å². The molecule has 3 amide bonds. The van der Waals surface area contributed by atoms with Crippen LogP contribution >= 0.6 is 11.6 Å². The quantitative estimate of drug-likeness (QED) is 0.138. The first-order chi connectivity index (χ1) is 30.0. The molecule has 1 N–H and O–H groups in total. The van der Waals surface area contributed by atoms with Gasteiger partial charge in [0.15, 0.2) is 5.65 Å². The Morgan fingerprint density at radius 1 is 0.952 bits per heavy atom. The number of hydrogen-bond donors (Lipinski definition) is 1. The minimum absolute atomic E-state index is 0.0695. The lowest BCUT2D eigenvalue weighted by Crippen LogP contribution is -2.49. The number of anilines is 2. The number of piperazine rings is 1. The van der Waals surface area contributed by atoms with Gasteiger partial charge in [-0.15, -0.1) is 0 Å². The van der Waals surface area contributed by atoms with Crippen molar-refractivity contribution in [3.8, 4) is 0 Å². The number of aromatic nitrogens is 3. The molecule has 340 valence electrons. The first-order valence-corrected chi connectivity index (χ1v) is 24.2. The van der Waals surface area contributed by atoms with Crippen LogP contribution in [0.3, 0.4) is 0 Å². The molecule has 0 radical (unpaired) electrons. The maximum atomic E-state index is 14.1. The van der Waals surface area contributed by atoms with Crippen LogP contribution in [0, 0.1) is 6.92 Å². The van der Waals surface area contributed by atoms with Crippen LogP contribution in [0.25, 0.3) is 5.65 Å². The Kier molecular flexibility index (Phi) is 14.4. The van der Waals surface area contributed by atoms with Crippen molar-refractivity contribution in [2.75, 3.05) is 74.8 Å². The number of rotatable bonds is 13. The zero-order valence-electron chi connectivity index (χ0n) is 37.0. The predicted molar refractivity (Wildman–Crippen MR) is 243 cm³/mol. The summed E-state index contributed by atoms with van der Waals surface area (Å²) in [5.41, 5.74) is 2.96. The van der Waals surface area contributed by atoms with Gasteiger partial charge in [-0.25, -0.2) is 27.5 Å². The van der Waals surface area contributed by atoms with Gasteiger partial charge in [-0.2, -0.15) is 5.10 Å².